The summed E-state index contributed by atoms with van der Waals surface area (Å²) in [6, 6.07) is 7.88. The van der Waals surface area contributed by atoms with Crippen LogP contribution in [0.3, 0.4) is 0 Å². The zero-order valence-electron chi connectivity index (χ0n) is 11.9. The van der Waals surface area contributed by atoms with E-state index in [1.807, 2.05) is 26.0 Å². The van der Waals surface area contributed by atoms with Crippen molar-refractivity contribution in [3.05, 3.63) is 58.4 Å². The van der Waals surface area contributed by atoms with Crippen LogP contribution in [0.1, 0.15) is 40.9 Å². The van der Waals surface area contributed by atoms with Crippen LogP contribution < -0.4 is 4.74 Å². The average molecular weight is 288 g/mol. The van der Waals surface area contributed by atoms with Gasteiger partial charge in [0.05, 0.1) is 6.10 Å². The lowest BCUT2D eigenvalue weighted by Crippen LogP contribution is -2.19. The van der Waals surface area contributed by atoms with E-state index in [9.17, 15) is 14.6 Å². The quantitative estimate of drug-likeness (QED) is 0.841. The summed E-state index contributed by atoms with van der Waals surface area (Å²) in [7, 11) is 0. The van der Waals surface area contributed by atoms with Crippen molar-refractivity contribution >= 4 is 0 Å². The summed E-state index contributed by atoms with van der Waals surface area (Å²) in [5.74, 6) is 0.396. The molecule has 0 radical (unpaired) electrons. The third-order valence-electron chi connectivity index (χ3n) is 3.92. The van der Waals surface area contributed by atoms with Gasteiger partial charge in [0.15, 0.2) is 0 Å². The van der Waals surface area contributed by atoms with Crippen molar-refractivity contribution < 1.29 is 19.3 Å². The molecule has 4 heteroatoms. The second-order valence-corrected chi connectivity index (χ2v) is 5.54. The Morgan fingerprint density at radius 3 is 2.48 bits per heavy atom. The Morgan fingerprint density at radius 1 is 1.14 bits per heavy atom. The van der Waals surface area contributed by atoms with E-state index in [1.165, 1.54) is 12.1 Å². The van der Waals surface area contributed by atoms with E-state index in [-0.39, 0.29) is 17.7 Å². The molecule has 2 unspecified atom stereocenters. The molecule has 0 spiro atoms. The number of fused-ring (bicyclic) bond motifs is 1. The number of aromatic hydroxyl groups is 1. The molecule has 0 aliphatic carbocycles. The van der Waals surface area contributed by atoms with Crippen LogP contribution in [0.4, 0.5) is 4.39 Å². The number of aliphatic hydroxyl groups excluding tert-OH is 1. The molecular weight excluding hydrogens is 271 g/mol. The van der Waals surface area contributed by atoms with Crippen LogP contribution in [0.15, 0.2) is 30.3 Å². The van der Waals surface area contributed by atoms with Crippen molar-refractivity contribution in [2.75, 3.05) is 0 Å². The first-order valence-corrected chi connectivity index (χ1v) is 6.90. The van der Waals surface area contributed by atoms with Crippen molar-refractivity contribution in [3.63, 3.8) is 0 Å². The van der Waals surface area contributed by atoms with Crippen LogP contribution in [-0.2, 0) is 0 Å². The maximum Gasteiger partial charge on any atom is 0.127 e. The van der Waals surface area contributed by atoms with E-state index in [0.717, 1.165) is 16.7 Å². The number of benzene rings is 2. The number of phenolic OH excluding ortho intramolecular Hbond substituents is 1. The normalized spacial score (nSPS) is 20.8. The van der Waals surface area contributed by atoms with Gasteiger partial charge in [0.1, 0.15) is 23.4 Å². The Balaban J connectivity index is 1.98. The van der Waals surface area contributed by atoms with Crippen molar-refractivity contribution in [1.82, 2.24) is 0 Å². The first-order valence-electron chi connectivity index (χ1n) is 6.90. The highest BCUT2D eigenvalue weighted by atomic mass is 19.1. The predicted octanol–water partition coefficient (Wildman–Crippen LogP) is 3.71. The van der Waals surface area contributed by atoms with Gasteiger partial charge in [-0.25, -0.2) is 4.39 Å². The molecule has 0 fully saturated rings. The molecule has 2 N–H and O–H groups in total. The summed E-state index contributed by atoms with van der Waals surface area (Å²) in [6.07, 6.45) is -0.708. The van der Waals surface area contributed by atoms with Gasteiger partial charge in [0.25, 0.3) is 0 Å². The number of rotatable bonds is 1. The van der Waals surface area contributed by atoms with Crippen LogP contribution in [0, 0.1) is 19.7 Å². The molecule has 0 saturated heterocycles. The molecule has 0 amide bonds. The van der Waals surface area contributed by atoms with Crippen molar-refractivity contribution in [1.29, 1.82) is 0 Å². The zero-order valence-corrected chi connectivity index (χ0v) is 11.9. The second-order valence-electron chi connectivity index (χ2n) is 5.54. The topological polar surface area (TPSA) is 49.7 Å². The summed E-state index contributed by atoms with van der Waals surface area (Å²) in [5.41, 5.74) is 2.93. The number of hydrogen-bond acceptors (Lipinski definition) is 3. The Kier molecular flexibility index (Phi) is 3.33. The van der Waals surface area contributed by atoms with Crippen molar-refractivity contribution in [3.8, 4) is 11.5 Å². The summed E-state index contributed by atoms with van der Waals surface area (Å²) in [6.45, 7) is 3.66. The van der Waals surface area contributed by atoms with E-state index in [1.54, 1.807) is 6.07 Å². The maximum atomic E-state index is 13.2. The molecular formula is C17H17FO3. The standard InChI is InChI=1S/C17H17FO3/c1-9-5-11(6-10(2)17(9)20)16-8-14(19)13-7-12(18)3-4-15(13)21-16/h3-7,14,16,19-20H,8H2,1-2H3. The highest BCUT2D eigenvalue weighted by molar-refractivity contribution is 5.44. The lowest BCUT2D eigenvalue weighted by molar-refractivity contribution is 0.0652. The van der Waals surface area contributed by atoms with E-state index < -0.39 is 6.10 Å². The van der Waals surface area contributed by atoms with Gasteiger partial charge in [-0.1, -0.05) is 0 Å². The molecule has 0 saturated carbocycles. The summed E-state index contributed by atoms with van der Waals surface area (Å²) < 4.78 is 19.1. The first kappa shape index (κ1) is 13.9. The van der Waals surface area contributed by atoms with Crippen LogP contribution in [0.25, 0.3) is 0 Å². The maximum absolute atomic E-state index is 13.2. The van der Waals surface area contributed by atoms with E-state index >= 15 is 0 Å². The Morgan fingerprint density at radius 2 is 1.81 bits per heavy atom. The van der Waals surface area contributed by atoms with Gasteiger partial charge in [-0.15, -0.1) is 0 Å². The van der Waals surface area contributed by atoms with E-state index in [2.05, 4.69) is 0 Å². The van der Waals surface area contributed by atoms with Gasteiger partial charge in [0, 0.05) is 12.0 Å². The molecule has 1 heterocycles. The van der Waals surface area contributed by atoms with Crippen LogP contribution in [0.2, 0.25) is 0 Å². The minimum atomic E-state index is -0.760. The van der Waals surface area contributed by atoms with Crippen LogP contribution in [0.5, 0.6) is 11.5 Å². The highest BCUT2D eigenvalue weighted by Gasteiger charge is 2.29. The Labute approximate surface area is 122 Å². The van der Waals surface area contributed by atoms with Crippen LogP contribution in [-0.4, -0.2) is 10.2 Å². The van der Waals surface area contributed by atoms with Gasteiger partial charge in [-0.05, 0) is 60.9 Å². The third kappa shape index (κ3) is 2.47. The molecule has 2 aromatic rings. The van der Waals surface area contributed by atoms with Crippen molar-refractivity contribution in [2.24, 2.45) is 0 Å². The lowest BCUT2D eigenvalue weighted by Gasteiger charge is -2.30. The number of aryl methyl sites for hydroxylation is 2. The largest absolute Gasteiger partial charge is 0.507 e. The molecule has 3 nitrogen and oxygen atoms in total. The number of halogens is 1. The smallest absolute Gasteiger partial charge is 0.127 e. The molecule has 2 atom stereocenters. The summed E-state index contributed by atoms with van der Waals surface area (Å²) >= 11 is 0. The number of aliphatic hydroxyl groups is 1. The molecule has 3 rings (SSSR count). The van der Waals surface area contributed by atoms with Gasteiger partial charge in [-0.2, -0.15) is 0 Å². The van der Waals surface area contributed by atoms with Crippen molar-refractivity contribution in [2.45, 2.75) is 32.5 Å². The first-order chi connectivity index (χ1) is 9.95. The lowest BCUT2D eigenvalue weighted by atomic mass is 9.93. The fourth-order valence-electron chi connectivity index (χ4n) is 2.80. The van der Waals surface area contributed by atoms with Crippen LogP contribution >= 0.6 is 0 Å². The number of hydrogen-bond donors (Lipinski definition) is 2. The molecule has 1 aliphatic heterocycles. The average Bonchev–Trinajstić information content (AvgIpc) is 2.44. The molecule has 0 bridgehead atoms. The van der Waals surface area contributed by atoms with E-state index in [0.29, 0.717) is 17.7 Å². The number of phenols is 1. The van der Waals surface area contributed by atoms with Gasteiger partial charge >= 0.3 is 0 Å². The third-order valence-corrected chi connectivity index (χ3v) is 3.92. The second kappa shape index (κ2) is 5.04. The molecule has 110 valence electrons. The molecule has 2 aromatic carbocycles. The van der Waals surface area contributed by atoms with Gasteiger partial charge in [-0.3, -0.25) is 0 Å². The minimum Gasteiger partial charge on any atom is -0.507 e. The Hall–Kier alpha value is -2.07. The monoisotopic (exact) mass is 288 g/mol. The SMILES string of the molecule is Cc1cc(C2CC(O)c3cc(F)ccc3O2)cc(C)c1O. The molecule has 0 aromatic heterocycles. The summed E-state index contributed by atoms with van der Waals surface area (Å²) in [4.78, 5) is 0. The molecule has 1 aliphatic rings. The van der Waals surface area contributed by atoms with Gasteiger partial charge < -0.3 is 14.9 Å². The summed E-state index contributed by atoms with van der Waals surface area (Å²) in [5, 5.41) is 20.1. The highest BCUT2D eigenvalue weighted by Crippen LogP contribution is 2.42. The van der Waals surface area contributed by atoms with Gasteiger partial charge in [0.2, 0.25) is 0 Å². The Bertz CT molecular complexity index is 673. The number of ether oxygens (including phenoxy) is 1. The minimum absolute atomic E-state index is 0.276. The molecule has 21 heavy (non-hydrogen) atoms. The predicted molar refractivity (Wildman–Crippen MR) is 76.9 cm³/mol. The fraction of sp³-hybridized carbons (Fsp3) is 0.294. The zero-order chi connectivity index (χ0) is 15.1. The van der Waals surface area contributed by atoms with E-state index in [4.69, 9.17) is 4.74 Å². The fourth-order valence-corrected chi connectivity index (χ4v) is 2.80.